The number of hydrogen-bond acceptors (Lipinski definition) is 0. The van der Waals surface area contributed by atoms with Crippen LogP contribution in [0.1, 0.15) is 60.8 Å². The van der Waals surface area contributed by atoms with Gasteiger partial charge < -0.3 is 21.3 Å². The Morgan fingerprint density at radius 3 is 1.21 bits per heavy atom. The second-order valence-electron chi connectivity index (χ2n) is 10.9. The number of nitrogens with zero attached hydrogens (tertiary/aromatic N) is 4. The zero-order valence-corrected chi connectivity index (χ0v) is 30.3. The first-order valence-corrected chi connectivity index (χ1v) is 16.2. The zero-order chi connectivity index (χ0) is 29.8. The van der Waals surface area contributed by atoms with E-state index < -0.39 is 7.92 Å². The summed E-state index contributed by atoms with van der Waals surface area (Å²) in [6.07, 6.45) is 6.90. The first-order valence-electron chi connectivity index (χ1n) is 14.7. The maximum absolute atomic E-state index is 5.35. The molecule has 3 aromatic rings. The minimum Gasteiger partial charge on any atom is -0.668 e. The standard InChI is InChI=1S/C32H35N2P.2C2H6N.Zr/c1-22-12-8-13-23(2)31(22)33-27-18-10-20-29(27)35(26-16-6-5-7-17-26)30-21-11-19-28(30)34-32-24(3)14-9-15-25(32)4;2*1-3-2;/h5-9,12-17H,10-11,18-21H2,1-4H3;2*1-2H3;/q-2;2*-1;+4/p+1. The molecule has 2 aliphatic carbocycles. The molecule has 2 aliphatic rings. The monoisotopic (exact) mass is 657 g/mol. The Bertz CT molecular complexity index is 1210. The second kappa shape index (κ2) is 18.6. The van der Waals surface area contributed by atoms with Gasteiger partial charge in [0.2, 0.25) is 0 Å². The Morgan fingerprint density at radius 2 is 0.857 bits per heavy atom. The van der Waals surface area contributed by atoms with Crippen LogP contribution in [0.5, 0.6) is 0 Å². The van der Waals surface area contributed by atoms with Crippen LogP contribution in [0, 0.1) is 27.7 Å². The number of rotatable bonds is 7. The van der Waals surface area contributed by atoms with Crippen LogP contribution in [0.25, 0.3) is 21.3 Å². The van der Waals surface area contributed by atoms with Crippen LogP contribution >= 0.6 is 7.92 Å². The van der Waals surface area contributed by atoms with E-state index >= 15 is 0 Å². The summed E-state index contributed by atoms with van der Waals surface area (Å²) >= 11 is 0. The van der Waals surface area contributed by atoms with Crippen LogP contribution in [0.15, 0.2) is 88.8 Å². The Morgan fingerprint density at radius 1 is 0.500 bits per heavy atom. The van der Waals surface area contributed by atoms with Gasteiger partial charge >= 0.3 is 26.2 Å². The second-order valence-corrected chi connectivity index (χ2v) is 13.4. The maximum Gasteiger partial charge on any atom is 4.00 e. The van der Waals surface area contributed by atoms with Crippen molar-refractivity contribution < 1.29 is 26.2 Å². The summed E-state index contributed by atoms with van der Waals surface area (Å²) in [5.74, 6) is 0. The summed E-state index contributed by atoms with van der Waals surface area (Å²) in [6, 6.07) is 24.3. The molecule has 0 fully saturated rings. The molecule has 5 rings (SSSR count). The zero-order valence-electron chi connectivity index (χ0n) is 26.9. The van der Waals surface area contributed by atoms with E-state index in [9.17, 15) is 0 Å². The topological polar surface area (TPSA) is 56.4 Å². The van der Waals surface area contributed by atoms with Crippen LogP contribution in [0.4, 0.5) is 11.4 Å². The molecule has 0 saturated heterocycles. The summed E-state index contributed by atoms with van der Waals surface area (Å²) in [4.78, 5) is 0. The van der Waals surface area contributed by atoms with Crippen molar-refractivity contribution >= 4 is 24.6 Å². The summed E-state index contributed by atoms with van der Waals surface area (Å²) in [7, 11) is 5.91. The van der Waals surface area contributed by atoms with Gasteiger partial charge in [0.05, 0.1) is 18.5 Å². The van der Waals surface area contributed by atoms with Gasteiger partial charge in [0.15, 0.2) is 0 Å². The summed E-state index contributed by atoms with van der Waals surface area (Å²) in [6.45, 7) is 8.74. The third-order valence-electron chi connectivity index (χ3n) is 7.42. The smallest absolute Gasteiger partial charge is 0.668 e. The molecule has 0 atom stereocenters. The first kappa shape index (κ1) is 36.2. The molecular weight excluding hydrogens is 611 g/mol. The summed E-state index contributed by atoms with van der Waals surface area (Å²) in [5, 5.41) is 22.4. The molecule has 6 heteroatoms. The number of hydrogen-bond donors (Lipinski definition) is 0. The average molecular weight is 659 g/mol. The van der Waals surface area contributed by atoms with Gasteiger partial charge in [-0.1, -0.05) is 76.9 Å². The van der Waals surface area contributed by atoms with E-state index in [1.165, 1.54) is 51.8 Å². The van der Waals surface area contributed by atoms with Crippen molar-refractivity contribution in [1.82, 2.24) is 0 Å². The third kappa shape index (κ3) is 9.49. The fourth-order valence-electron chi connectivity index (χ4n) is 5.61. The summed E-state index contributed by atoms with van der Waals surface area (Å²) < 4.78 is 0. The van der Waals surface area contributed by atoms with Crippen LogP contribution in [0.2, 0.25) is 0 Å². The maximum atomic E-state index is 5.35. The largest absolute Gasteiger partial charge is 4.00 e. The first-order chi connectivity index (χ1) is 19.9. The van der Waals surface area contributed by atoms with E-state index in [-0.39, 0.29) is 26.2 Å². The van der Waals surface area contributed by atoms with Crippen molar-refractivity contribution in [2.24, 2.45) is 0 Å². The van der Waals surface area contributed by atoms with Gasteiger partial charge in [-0.2, -0.15) is 28.2 Å². The molecule has 0 bridgehead atoms. The Labute approximate surface area is 276 Å². The molecule has 4 nitrogen and oxygen atoms in total. The minimum atomic E-state index is -1.09. The van der Waals surface area contributed by atoms with Gasteiger partial charge in [-0.15, -0.1) is 22.8 Å². The van der Waals surface area contributed by atoms with Crippen molar-refractivity contribution in [3.05, 3.63) is 132 Å². The van der Waals surface area contributed by atoms with Crippen molar-refractivity contribution in [3.63, 3.8) is 0 Å². The number of aryl methyl sites for hydroxylation is 4. The quantitative estimate of drug-likeness (QED) is 0.227. The molecule has 0 spiro atoms. The molecule has 0 radical (unpaired) electrons. The van der Waals surface area contributed by atoms with E-state index in [4.69, 9.17) is 10.6 Å². The summed E-state index contributed by atoms with van der Waals surface area (Å²) in [5.41, 5.74) is 10.1. The molecule has 0 N–H and O–H groups in total. The van der Waals surface area contributed by atoms with E-state index in [0.29, 0.717) is 0 Å². The van der Waals surface area contributed by atoms with Gasteiger partial charge in [-0.05, 0) is 65.5 Å². The molecule has 0 unspecified atom stereocenters. The van der Waals surface area contributed by atoms with Gasteiger partial charge in [-0.25, -0.2) is 0 Å². The van der Waals surface area contributed by atoms with Gasteiger partial charge in [0.1, 0.15) is 5.30 Å². The van der Waals surface area contributed by atoms with Crippen LogP contribution in [0.3, 0.4) is 0 Å². The number of para-hydroxylation sites is 2. The Balaban J connectivity index is 0.000000813. The molecule has 0 amide bonds. The van der Waals surface area contributed by atoms with Crippen molar-refractivity contribution in [3.8, 4) is 0 Å². The van der Waals surface area contributed by atoms with Crippen molar-refractivity contribution in [2.45, 2.75) is 66.2 Å². The third-order valence-corrected chi connectivity index (χ3v) is 10.6. The van der Waals surface area contributed by atoms with Crippen molar-refractivity contribution in [2.75, 3.05) is 28.2 Å². The SMILES string of the molecule is C[N-]C.C[N-]C.Cc1cccc(C)c1[N-]C1=C([PH+](C2=C([N-]c3c(C)cccc3C)CCC2)c2ccccc2)CCC1.[Zr+4]. The fraction of sp³-hybridized carbons (Fsp3) is 0.389. The number of benzene rings is 3. The molecule has 0 saturated carbocycles. The molecule has 220 valence electrons. The molecule has 42 heavy (non-hydrogen) atoms. The molecule has 0 heterocycles. The molecule has 0 aliphatic heterocycles. The minimum absolute atomic E-state index is 0. The van der Waals surface area contributed by atoms with E-state index in [2.05, 4.69) is 105 Å². The van der Waals surface area contributed by atoms with Crippen LogP contribution in [-0.4, -0.2) is 28.2 Å². The van der Waals surface area contributed by atoms with Crippen LogP contribution < -0.4 is 5.30 Å². The van der Waals surface area contributed by atoms with Gasteiger partial charge in [0.25, 0.3) is 0 Å². The molecule has 0 aromatic heterocycles. The fourth-order valence-corrected chi connectivity index (χ4v) is 8.99. The number of allylic oxidation sites excluding steroid dienone is 4. The van der Waals surface area contributed by atoms with E-state index in [1.54, 1.807) is 38.8 Å². The predicted octanol–water partition coefficient (Wildman–Crippen LogP) is 11.2. The van der Waals surface area contributed by atoms with Gasteiger partial charge in [0, 0.05) is 12.8 Å². The predicted molar refractivity (Wildman–Crippen MR) is 184 cm³/mol. The van der Waals surface area contributed by atoms with E-state index in [0.717, 1.165) is 37.1 Å². The Hall–Kier alpha value is -2.03. The van der Waals surface area contributed by atoms with Crippen molar-refractivity contribution in [1.29, 1.82) is 0 Å². The molecule has 3 aromatic carbocycles. The van der Waals surface area contributed by atoms with Crippen LogP contribution in [-0.2, 0) is 26.2 Å². The average Bonchev–Trinajstić information content (AvgIpc) is 3.60. The molecular formula is C36H48N4PZr+. The Kier molecular flexibility index (Phi) is 16.0. The normalized spacial score (nSPS) is 14.1. The van der Waals surface area contributed by atoms with E-state index in [1.807, 2.05) is 0 Å². The van der Waals surface area contributed by atoms with Gasteiger partial charge in [-0.3, -0.25) is 0 Å².